The van der Waals surface area contributed by atoms with E-state index in [1.54, 1.807) is 26.0 Å². The number of anilines is 1. The van der Waals surface area contributed by atoms with Crippen molar-refractivity contribution < 1.29 is 18.3 Å². The van der Waals surface area contributed by atoms with E-state index in [1.165, 1.54) is 16.4 Å². The van der Waals surface area contributed by atoms with Crippen molar-refractivity contribution in [2.24, 2.45) is 5.84 Å². The molecule has 1 fully saturated rings. The van der Waals surface area contributed by atoms with E-state index >= 15 is 0 Å². The smallest absolute Gasteiger partial charge is 0.243 e. The number of aliphatic hydroxyl groups excluding tert-OH is 1. The van der Waals surface area contributed by atoms with Gasteiger partial charge in [-0.1, -0.05) is 0 Å². The first-order valence-corrected chi connectivity index (χ1v) is 8.08. The van der Waals surface area contributed by atoms with E-state index in [-0.39, 0.29) is 24.6 Å². The molecule has 0 amide bonds. The summed E-state index contributed by atoms with van der Waals surface area (Å²) in [5.74, 6) is 5.27. The normalized spacial score (nSPS) is 23.0. The summed E-state index contributed by atoms with van der Waals surface area (Å²) in [6.07, 6.45) is -0.520. The van der Waals surface area contributed by atoms with E-state index in [0.29, 0.717) is 5.69 Å². The molecular weight excluding hydrogens is 294 g/mol. The monoisotopic (exact) mass is 315 g/mol. The van der Waals surface area contributed by atoms with Gasteiger partial charge >= 0.3 is 0 Å². The lowest BCUT2D eigenvalue weighted by Crippen LogP contribution is -2.55. The molecule has 1 aromatic rings. The molecule has 21 heavy (non-hydrogen) atoms. The van der Waals surface area contributed by atoms with Gasteiger partial charge < -0.3 is 15.3 Å². The lowest BCUT2D eigenvalue weighted by molar-refractivity contribution is -0.131. The lowest BCUT2D eigenvalue weighted by Gasteiger charge is -2.41. The van der Waals surface area contributed by atoms with Crippen molar-refractivity contribution in [3.8, 4) is 0 Å². The Morgan fingerprint density at radius 3 is 2.57 bits per heavy atom. The quantitative estimate of drug-likeness (QED) is 0.539. The predicted molar refractivity (Wildman–Crippen MR) is 79.0 cm³/mol. The Kier molecular flexibility index (Phi) is 4.54. The number of rotatable bonds is 4. The van der Waals surface area contributed by atoms with Crippen molar-refractivity contribution in [2.75, 3.05) is 25.1 Å². The molecule has 1 aromatic carbocycles. The first-order valence-electron chi connectivity index (χ1n) is 6.64. The number of nitrogens with one attached hydrogen (secondary N) is 1. The first kappa shape index (κ1) is 16.2. The molecule has 0 bridgehead atoms. The topological polar surface area (TPSA) is 105 Å². The first-order chi connectivity index (χ1) is 9.78. The third-order valence-electron chi connectivity index (χ3n) is 3.31. The number of benzene rings is 1. The molecule has 1 unspecified atom stereocenters. The van der Waals surface area contributed by atoms with Crippen LogP contribution in [0.15, 0.2) is 29.2 Å². The van der Waals surface area contributed by atoms with Crippen LogP contribution in [0, 0.1) is 0 Å². The number of ether oxygens (including phenoxy) is 1. The Balaban J connectivity index is 2.29. The fourth-order valence-corrected chi connectivity index (χ4v) is 4.01. The highest BCUT2D eigenvalue weighted by Crippen LogP contribution is 2.26. The van der Waals surface area contributed by atoms with Gasteiger partial charge in [-0.3, -0.25) is 5.84 Å². The number of hydrogen-bond donors (Lipinski definition) is 3. The number of morpholine rings is 1. The van der Waals surface area contributed by atoms with Gasteiger partial charge in [0.25, 0.3) is 0 Å². The van der Waals surface area contributed by atoms with Gasteiger partial charge in [0.15, 0.2) is 0 Å². The van der Waals surface area contributed by atoms with Crippen molar-refractivity contribution in [2.45, 2.75) is 30.4 Å². The number of aliphatic hydroxyl groups is 1. The molecule has 1 aliphatic heterocycles. The Morgan fingerprint density at radius 1 is 1.43 bits per heavy atom. The van der Waals surface area contributed by atoms with Gasteiger partial charge in [-0.05, 0) is 38.1 Å². The van der Waals surface area contributed by atoms with E-state index in [2.05, 4.69) is 5.43 Å². The maximum Gasteiger partial charge on any atom is 0.243 e. The third kappa shape index (κ3) is 3.53. The van der Waals surface area contributed by atoms with E-state index in [1.807, 2.05) is 0 Å². The largest absolute Gasteiger partial charge is 0.394 e. The van der Waals surface area contributed by atoms with Crippen LogP contribution < -0.4 is 11.3 Å². The zero-order valence-electron chi connectivity index (χ0n) is 12.1. The van der Waals surface area contributed by atoms with Crippen LogP contribution in [0.4, 0.5) is 5.69 Å². The van der Waals surface area contributed by atoms with Crippen LogP contribution >= 0.6 is 0 Å². The molecule has 1 saturated heterocycles. The number of nitrogens with two attached hydrogens (primary N) is 1. The zero-order valence-corrected chi connectivity index (χ0v) is 12.9. The lowest BCUT2D eigenvalue weighted by atomic mass is 10.1. The molecule has 1 aliphatic rings. The highest BCUT2D eigenvalue weighted by molar-refractivity contribution is 7.89. The highest BCUT2D eigenvalue weighted by atomic mass is 32.2. The summed E-state index contributed by atoms with van der Waals surface area (Å²) in [4.78, 5) is 0.191. The summed E-state index contributed by atoms with van der Waals surface area (Å²) in [6, 6.07) is 6.20. The Bertz CT molecular complexity index is 586. The van der Waals surface area contributed by atoms with Crippen molar-refractivity contribution in [1.82, 2.24) is 4.31 Å². The van der Waals surface area contributed by atoms with Crippen molar-refractivity contribution in [1.29, 1.82) is 0 Å². The molecule has 1 atom stereocenters. The average Bonchev–Trinajstić information content (AvgIpc) is 2.45. The minimum Gasteiger partial charge on any atom is -0.394 e. The SMILES string of the molecule is CC1(C)CN(S(=O)(=O)c2ccc(NN)cc2)CC(CO)O1. The van der Waals surface area contributed by atoms with E-state index in [9.17, 15) is 13.5 Å². The molecule has 4 N–H and O–H groups in total. The van der Waals surface area contributed by atoms with Gasteiger partial charge in [0.1, 0.15) is 0 Å². The number of hydrogen-bond acceptors (Lipinski definition) is 6. The van der Waals surface area contributed by atoms with Gasteiger partial charge in [0.2, 0.25) is 10.0 Å². The van der Waals surface area contributed by atoms with Crippen molar-refractivity contribution in [3.63, 3.8) is 0 Å². The van der Waals surface area contributed by atoms with Crippen LogP contribution in [0.1, 0.15) is 13.8 Å². The summed E-state index contributed by atoms with van der Waals surface area (Å²) in [5, 5.41) is 9.28. The van der Waals surface area contributed by atoms with Crippen LogP contribution in [0.25, 0.3) is 0 Å². The summed E-state index contributed by atoms with van der Waals surface area (Å²) in [5.41, 5.74) is 2.44. The molecule has 118 valence electrons. The number of nitrogens with zero attached hydrogens (tertiary/aromatic N) is 1. The molecule has 0 saturated carbocycles. The van der Waals surface area contributed by atoms with Crippen LogP contribution in [0.2, 0.25) is 0 Å². The molecule has 0 aliphatic carbocycles. The fraction of sp³-hybridized carbons (Fsp3) is 0.538. The van der Waals surface area contributed by atoms with Crippen molar-refractivity contribution in [3.05, 3.63) is 24.3 Å². The highest BCUT2D eigenvalue weighted by Gasteiger charge is 2.39. The third-order valence-corrected chi connectivity index (χ3v) is 5.14. The van der Waals surface area contributed by atoms with E-state index < -0.39 is 21.7 Å². The summed E-state index contributed by atoms with van der Waals surface area (Å²) in [7, 11) is -3.63. The summed E-state index contributed by atoms with van der Waals surface area (Å²) < 4.78 is 32.3. The van der Waals surface area contributed by atoms with Gasteiger partial charge in [-0.2, -0.15) is 4.31 Å². The fourth-order valence-electron chi connectivity index (χ4n) is 2.39. The van der Waals surface area contributed by atoms with Crippen LogP contribution in [0.5, 0.6) is 0 Å². The molecule has 0 aromatic heterocycles. The standard InChI is InChI=1S/C13H21N3O4S/c1-13(2)9-16(7-11(8-17)20-13)21(18,19)12-5-3-10(15-14)4-6-12/h3-6,11,15,17H,7-9,14H2,1-2H3. The Hall–Kier alpha value is -1.19. The summed E-state index contributed by atoms with van der Waals surface area (Å²) in [6.45, 7) is 3.77. The predicted octanol–water partition coefficient (Wildman–Crippen LogP) is 0.133. The van der Waals surface area contributed by atoms with Gasteiger partial charge in [-0.15, -0.1) is 0 Å². The zero-order chi connectivity index (χ0) is 15.7. The Labute approximate surface area is 124 Å². The molecule has 0 radical (unpaired) electrons. The maximum atomic E-state index is 12.7. The molecule has 8 heteroatoms. The Morgan fingerprint density at radius 2 is 2.05 bits per heavy atom. The number of nitrogen functional groups attached to an aromatic ring is 1. The number of hydrazine groups is 1. The molecule has 1 heterocycles. The molecule has 7 nitrogen and oxygen atoms in total. The summed E-state index contributed by atoms with van der Waals surface area (Å²) >= 11 is 0. The van der Waals surface area contributed by atoms with E-state index in [4.69, 9.17) is 10.6 Å². The van der Waals surface area contributed by atoms with Crippen LogP contribution in [0.3, 0.4) is 0 Å². The van der Waals surface area contributed by atoms with Gasteiger partial charge in [-0.25, -0.2) is 8.42 Å². The average molecular weight is 315 g/mol. The van der Waals surface area contributed by atoms with Crippen LogP contribution in [-0.2, 0) is 14.8 Å². The minimum atomic E-state index is -3.63. The second-order valence-electron chi connectivity index (χ2n) is 5.65. The van der Waals surface area contributed by atoms with Crippen LogP contribution in [-0.4, -0.2) is 49.2 Å². The van der Waals surface area contributed by atoms with Gasteiger partial charge in [0.05, 0.1) is 23.2 Å². The minimum absolute atomic E-state index is 0.138. The molecule has 0 spiro atoms. The second-order valence-corrected chi connectivity index (χ2v) is 7.59. The van der Waals surface area contributed by atoms with E-state index in [0.717, 1.165) is 0 Å². The number of sulfonamides is 1. The molecular formula is C13H21N3O4S. The van der Waals surface area contributed by atoms with Crippen molar-refractivity contribution >= 4 is 15.7 Å². The maximum absolute atomic E-state index is 12.7. The van der Waals surface area contributed by atoms with Gasteiger partial charge in [0, 0.05) is 18.8 Å². The second kappa shape index (κ2) is 5.90. The molecule has 2 rings (SSSR count).